The van der Waals surface area contributed by atoms with Crippen molar-refractivity contribution in [2.24, 2.45) is 4.99 Å². The smallest absolute Gasteiger partial charge is 0.191 e. The van der Waals surface area contributed by atoms with Gasteiger partial charge in [-0.25, -0.2) is 4.68 Å². The molecule has 0 bridgehead atoms. The molecule has 1 aliphatic heterocycles. The summed E-state index contributed by atoms with van der Waals surface area (Å²) in [5.41, 5.74) is 3.47. The molecule has 4 rings (SSSR count). The van der Waals surface area contributed by atoms with E-state index in [2.05, 4.69) is 45.0 Å². The average Bonchev–Trinajstić information content (AvgIpc) is 3.38. The second kappa shape index (κ2) is 7.95. The maximum atomic E-state index is 5.97. The number of para-hydroxylation sites is 1. The van der Waals surface area contributed by atoms with Crippen LogP contribution in [0.3, 0.4) is 0 Å². The van der Waals surface area contributed by atoms with Crippen LogP contribution in [0.25, 0.3) is 5.69 Å². The Morgan fingerprint density at radius 1 is 1.19 bits per heavy atom. The first-order chi connectivity index (χ1) is 13.3. The van der Waals surface area contributed by atoms with Gasteiger partial charge in [0, 0.05) is 32.4 Å². The lowest BCUT2D eigenvalue weighted by molar-refractivity contribution is 0.235. The molecule has 1 aliphatic rings. The highest BCUT2D eigenvalue weighted by molar-refractivity contribution is 5.79. The van der Waals surface area contributed by atoms with Gasteiger partial charge in [0.05, 0.1) is 12.2 Å². The van der Waals surface area contributed by atoms with E-state index in [0.29, 0.717) is 13.1 Å². The number of hydrogen-bond donors (Lipinski definition) is 2. The Labute approximate surface area is 158 Å². The van der Waals surface area contributed by atoms with Crippen LogP contribution in [-0.2, 0) is 13.0 Å². The summed E-state index contributed by atoms with van der Waals surface area (Å²) in [6.07, 6.45) is 4.77. The van der Waals surface area contributed by atoms with E-state index < -0.39 is 0 Å². The van der Waals surface area contributed by atoms with Gasteiger partial charge in [-0.3, -0.25) is 4.99 Å². The maximum Gasteiger partial charge on any atom is 0.191 e. The van der Waals surface area contributed by atoms with Crippen LogP contribution in [0, 0.1) is 0 Å². The molecule has 0 aliphatic carbocycles. The lowest BCUT2D eigenvalue weighted by Gasteiger charge is -2.16. The molecular weight excluding hydrogens is 338 g/mol. The van der Waals surface area contributed by atoms with Crippen LogP contribution in [-0.4, -0.2) is 35.4 Å². The first-order valence-electron chi connectivity index (χ1n) is 9.10. The molecule has 0 saturated heterocycles. The summed E-state index contributed by atoms with van der Waals surface area (Å²) in [7, 11) is 1.78. The molecule has 1 unspecified atom stereocenters. The van der Waals surface area contributed by atoms with Crippen molar-refractivity contribution in [2.45, 2.75) is 19.1 Å². The van der Waals surface area contributed by atoms with Crippen LogP contribution >= 0.6 is 0 Å². The molecule has 1 aromatic heterocycles. The minimum Gasteiger partial charge on any atom is -0.488 e. The van der Waals surface area contributed by atoms with Crippen molar-refractivity contribution in [2.75, 3.05) is 13.6 Å². The molecular formula is C21H23N5O. The second-order valence-electron chi connectivity index (χ2n) is 6.48. The zero-order valence-electron chi connectivity index (χ0n) is 15.3. The number of nitrogens with zero attached hydrogens (tertiary/aromatic N) is 3. The zero-order chi connectivity index (χ0) is 18.5. The number of hydrogen-bond acceptors (Lipinski definition) is 3. The third-order valence-electron chi connectivity index (χ3n) is 4.57. The molecule has 0 spiro atoms. The Morgan fingerprint density at radius 2 is 2.11 bits per heavy atom. The number of benzene rings is 2. The maximum absolute atomic E-state index is 5.97. The summed E-state index contributed by atoms with van der Waals surface area (Å²) in [6, 6.07) is 18.4. The zero-order valence-corrected chi connectivity index (χ0v) is 15.3. The summed E-state index contributed by atoms with van der Waals surface area (Å²) >= 11 is 0. The normalized spacial score (nSPS) is 15.9. The van der Waals surface area contributed by atoms with E-state index in [9.17, 15) is 0 Å². The van der Waals surface area contributed by atoms with Gasteiger partial charge in [0.2, 0.25) is 0 Å². The first kappa shape index (κ1) is 17.1. The standard InChI is InChI=1S/C21H23N5O/c1-22-21(24-15-19-13-17-7-2-3-9-20(17)27-19)23-14-16-6-4-8-18(12-16)26-11-5-10-25-26/h2-12,19H,13-15H2,1H3,(H2,22,23,24). The second-order valence-corrected chi connectivity index (χ2v) is 6.48. The fourth-order valence-corrected chi connectivity index (χ4v) is 3.22. The molecule has 0 saturated carbocycles. The van der Waals surface area contributed by atoms with E-state index in [-0.39, 0.29) is 6.10 Å². The minimum absolute atomic E-state index is 0.129. The third kappa shape index (κ3) is 4.11. The number of ether oxygens (including phenoxy) is 1. The van der Waals surface area contributed by atoms with E-state index in [0.717, 1.165) is 29.4 Å². The predicted molar refractivity (Wildman–Crippen MR) is 106 cm³/mol. The number of nitrogens with one attached hydrogen (secondary N) is 2. The topological polar surface area (TPSA) is 63.5 Å². The SMILES string of the molecule is CN=C(NCc1cccc(-n2cccn2)c1)NCC1Cc2ccccc2O1. The Balaban J connectivity index is 1.30. The van der Waals surface area contributed by atoms with Crippen molar-refractivity contribution in [3.8, 4) is 11.4 Å². The van der Waals surface area contributed by atoms with Gasteiger partial charge in [-0.15, -0.1) is 0 Å². The molecule has 138 valence electrons. The third-order valence-corrected chi connectivity index (χ3v) is 4.57. The first-order valence-corrected chi connectivity index (χ1v) is 9.10. The summed E-state index contributed by atoms with van der Waals surface area (Å²) < 4.78 is 7.82. The van der Waals surface area contributed by atoms with E-state index in [4.69, 9.17) is 4.74 Å². The van der Waals surface area contributed by atoms with Crippen LogP contribution in [0.5, 0.6) is 5.75 Å². The summed E-state index contributed by atoms with van der Waals surface area (Å²) in [6.45, 7) is 1.39. The molecule has 2 heterocycles. The fraction of sp³-hybridized carbons (Fsp3) is 0.238. The van der Waals surface area contributed by atoms with E-state index in [1.807, 2.05) is 41.2 Å². The van der Waals surface area contributed by atoms with Crippen LogP contribution in [0.2, 0.25) is 0 Å². The van der Waals surface area contributed by atoms with Crippen molar-refractivity contribution in [1.82, 2.24) is 20.4 Å². The molecule has 3 aromatic rings. The highest BCUT2D eigenvalue weighted by Crippen LogP contribution is 2.27. The molecule has 0 radical (unpaired) electrons. The van der Waals surface area contributed by atoms with Gasteiger partial charge in [-0.2, -0.15) is 5.10 Å². The van der Waals surface area contributed by atoms with Crippen LogP contribution in [0.4, 0.5) is 0 Å². The quantitative estimate of drug-likeness (QED) is 0.542. The molecule has 6 nitrogen and oxygen atoms in total. The van der Waals surface area contributed by atoms with Gasteiger partial charge >= 0.3 is 0 Å². The lowest BCUT2D eigenvalue weighted by Crippen LogP contribution is -2.41. The molecule has 2 N–H and O–H groups in total. The molecule has 0 amide bonds. The van der Waals surface area contributed by atoms with Gasteiger partial charge in [0.1, 0.15) is 11.9 Å². The predicted octanol–water partition coefficient (Wildman–Crippen LogP) is 2.54. The monoisotopic (exact) mass is 361 g/mol. The summed E-state index contributed by atoms with van der Waals surface area (Å²) in [5.74, 6) is 1.75. The minimum atomic E-state index is 0.129. The summed E-state index contributed by atoms with van der Waals surface area (Å²) in [5, 5.41) is 11.0. The number of guanidine groups is 1. The van der Waals surface area contributed by atoms with Gasteiger partial charge in [0.15, 0.2) is 5.96 Å². The van der Waals surface area contributed by atoms with Crippen molar-refractivity contribution in [3.05, 3.63) is 78.1 Å². The van der Waals surface area contributed by atoms with Gasteiger partial charge in [-0.05, 0) is 35.4 Å². The van der Waals surface area contributed by atoms with Gasteiger partial charge in [0.25, 0.3) is 0 Å². The molecule has 6 heteroatoms. The lowest BCUT2D eigenvalue weighted by atomic mass is 10.1. The Kier molecular flexibility index (Phi) is 5.05. The van der Waals surface area contributed by atoms with Gasteiger partial charge < -0.3 is 15.4 Å². The van der Waals surface area contributed by atoms with Crippen molar-refractivity contribution in [1.29, 1.82) is 0 Å². The number of fused-ring (bicyclic) bond motifs is 1. The molecule has 2 aromatic carbocycles. The molecule has 27 heavy (non-hydrogen) atoms. The number of aliphatic imine (C=N–C) groups is 1. The van der Waals surface area contributed by atoms with Crippen molar-refractivity contribution >= 4 is 5.96 Å². The highest BCUT2D eigenvalue weighted by atomic mass is 16.5. The molecule has 1 atom stereocenters. The van der Waals surface area contributed by atoms with Crippen molar-refractivity contribution < 1.29 is 4.74 Å². The summed E-state index contributed by atoms with van der Waals surface area (Å²) in [4.78, 5) is 4.31. The van der Waals surface area contributed by atoms with E-state index >= 15 is 0 Å². The van der Waals surface area contributed by atoms with Crippen LogP contribution < -0.4 is 15.4 Å². The van der Waals surface area contributed by atoms with Crippen molar-refractivity contribution in [3.63, 3.8) is 0 Å². The Morgan fingerprint density at radius 3 is 2.93 bits per heavy atom. The average molecular weight is 361 g/mol. The highest BCUT2D eigenvalue weighted by Gasteiger charge is 2.22. The largest absolute Gasteiger partial charge is 0.488 e. The Bertz CT molecular complexity index is 895. The number of aromatic nitrogens is 2. The molecule has 0 fully saturated rings. The van der Waals surface area contributed by atoms with Gasteiger partial charge in [-0.1, -0.05) is 30.3 Å². The Hall–Kier alpha value is -3.28. The number of rotatable bonds is 5. The van der Waals surface area contributed by atoms with E-state index in [1.54, 1.807) is 13.2 Å². The van der Waals surface area contributed by atoms with Crippen LogP contribution in [0.15, 0.2) is 72.0 Å². The van der Waals surface area contributed by atoms with E-state index in [1.165, 1.54) is 5.56 Å². The van der Waals surface area contributed by atoms with Crippen LogP contribution in [0.1, 0.15) is 11.1 Å². The fourth-order valence-electron chi connectivity index (χ4n) is 3.22.